The van der Waals surface area contributed by atoms with E-state index in [0.29, 0.717) is 36.6 Å². The lowest BCUT2D eigenvalue weighted by molar-refractivity contribution is -0.143. The molecule has 0 saturated carbocycles. The largest absolute Gasteiger partial charge is 0.420 e. The quantitative estimate of drug-likeness (QED) is 0.384. The van der Waals surface area contributed by atoms with E-state index in [-0.39, 0.29) is 17.8 Å². The second-order valence-electron chi connectivity index (χ2n) is 9.16. The molecule has 0 radical (unpaired) electrons. The van der Waals surface area contributed by atoms with Crippen LogP contribution in [0, 0.1) is 5.82 Å². The van der Waals surface area contributed by atoms with Crippen molar-refractivity contribution in [2.75, 3.05) is 32.1 Å². The van der Waals surface area contributed by atoms with E-state index < -0.39 is 52.5 Å². The van der Waals surface area contributed by atoms with Gasteiger partial charge in [-0.05, 0) is 69.4 Å². The van der Waals surface area contributed by atoms with Gasteiger partial charge in [0.1, 0.15) is 11.4 Å². The van der Waals surface area contributed by atoms with E-state index in [9.17, 15) is 40.3 Å². The number of ether oxygens (including phenoxy) is 1. The van der Waals surface area contributed by atoms with Crippen molar-refractivity contribution in [1.29, 1.82) is 0 Å². The Bertz CT molecular complexity index is 1400. The highest BCUT2D eigenvalue weighted by Crippen LogP contribution is 2.44. The Hall–Kier alpha value is -3.81. The summed E-state index contributed by atoms with van der Waals surface area (Å²) in [7, 11) is 3.00. The van der Waals surface area contributed by atoms with Gasteiger partial charge < -0.3 is 9.64 Å². The smallest absolute Gasteiger partial charge is 0.407 e. The zero-order valence-electron chi connectivity index (χ0n) is 20.7. The molecule has 0 bridgehead atoms. The summed E-state index contributed by atoms with van der Waals surface area (Å²) >= 11 is 0. The van der Waals surface area contributed by atoms with Gasteiger partial charge in [-0.1, -0.05) is 0 Å². The van der Waals surface area contributed by atoms with Crippen LogP contribution in [-0.2, 0) is 12.4 Å². The summed E-state index contributed by atoms with van der Waals surface area (Å²) < 4.78 is 103. The highest BCUT2D eigenvalue weighted by molar-refractivity contribution is 5.89. The number of piperidine rings is 1. The van der Waals surface area contributed by atoms with Crippen LogP contribution in [0.1, 0.15) is 30.0 Å². The van der Waals surface area contributed by atoms with Crippen LogP contribution in [-0.4, -0.2) is 47.3 Å². The Morgan fingerprint density at radius 2 is 1.59 bits per heavy atom. The number of aromatic nitrogens is 2. The van der Waals surface area contributed by atoms with Crippen LogP contribution >= 0.6 is 0 Å². The van der Waals surface area contributed by atoms with Crippen LogP contribution in [0.25, 0.3) is 5.69 Å². The van der Waals surface area contributed by atoms with Gasteiger partial charge in [0.05, 0.1) is 11.3 Å². The van der Waals surface area contributed by atoms with Gasteiger partial charge >= 0.3 is 24.1 Å². The average Bonchev–Trinajstić information content (AvgIpc) is 3.24. The maximum absolute atomic E-state index is 14.1. The van der Waals surface area contributed by atoms with Gasteiger partial charge in [0, 0.05) is 31.2 Å². The molecule has 1 aliphatic rings. The van der Waals surface area contributed by atoms with E-state index in [0.717, 1.165) is 42.4 Å². The molecule has 1 fully saturated rings. The maximum atomic E-state index is 14.1. The number of halogens is 7. The minimum atomic E-state index is -5.39. The summed E-state index contributed by atoms with van der Waals surface area (Å²) in [4.78, 5) is 28.9. The molecule has 1 saturated heterocycles. The number of amides is 1. The van der Waals surface area contributed by atoms with Gasteiger partial charge in [-0.25, -0.2) is 14.0 Å². The van der Waals surface area contributed by atoms with E-state index in [1.165, 1.54) is 10.8 Å². The van der Waals surface area contributed by atoms with Crippen molar-refractivity contribution < 1.29 is 40.3 Å². The van der Waals surface area contributed by atoms with E-state index in [2.05, 4.69) is 0 Å². The van der Waals surface area contributed by atoms with E-state index >= 15 is 0 Å². The molecule has 1 aliphatic heterocycles. The van der Waals surface area contributed by atoms with E-state index in [1.54, 1.807) is 0 Å². The van der Waals surface area contributed by atoms with Crippen molar-refractivity contribution in [3.05, 3.63) is 76.2 Å². The average molecular weight is 560 g/mol. The summed E-state index contributed by atoms with van der Waals surface area (Å²) in [5.74, 6) is -1.92. The first-order chi connectivity index (χ1) is 18.2. The first kappa shape index (κ1) is 28.2. The summed E-state index contributed by atoms with van der Waals surface area (Å²) in [6.45, 7) is 1.28. The predicted octanol–water partition coefficient (Wildman–Crippen LogP) is 5.72. The molecule has 7 nitrogen and oxygen atoms in total. The minimum absolute atomic E-state index is 0.0361. The molecule has 2 aromatic carbocycles. The molecule has 0 spiro atoms. The molecule has 39 heavy (non-hydrogen) atoms. The topological polar surface area (TPSA) is 59.7 Å². The fourth-order valence-corrected chi connectivity index (χ4v) is 4.32. The molecule has 14 heteroatoms. The van der Waals surface area contributed by atoms with Crippen molar-refractivity contribution in [2.24, 2.45) is 0 Å². The summed E-state index contributed by atoms with van der Waals surface area (Å²) in [6, 6.07) is 4.13. The standard InChI is InChI=1S/C25H23F7N4O3/c1-33-9-7-18(8-10-33)35-11-12-36(22(35)37)20-14-15(24(27,28)29)13-19(25(30,31)32)21(20)39-23(38)34(2)17-5-3-16(26)4-6-17/h3-6,11-14,18H,7-10H2,1-2H3. The van der Waals surface area contributed by atoms with E-state index in [1.807, 2.05) is 11.9 Å². The summed E-state index contributed by atoms with van der Waals surface area (Å²) in [5.41, 5.74) is -5.34. The first-order valence-electron chi connectivity index (χ1n) is 11.7. The fourth-order valence-electron chi connectivity index (χ4n) is 4.32. The molecule has 0 N–H and O–H groups in total. The molecule has 0 aliphatic carbocycles. The van der Waals surface area contributed by atoms with Crippen molar-refractivity contribution in [3.63, 3.8) is 0 Å². The molecule has 210 valence electrons. The number of hydrogen-bond acceptors (Lipinski definition) is 4. The van der Waals surface area contributed by atoms with Crippen molar-refractivity contribution in [2.45, 2.75) is 31.2 Å². The first-order valence-corrected chi connectivity index (χ1v) is 11.7. The highest BCUT2D eigenvalue weighted by Gasteiger charge is 2.42. The number of nitrogens with zero attached hydrogens (tertiary/aromatic N) is 4. The lowest BCUT2D eigenvalue weighted by Gasteiger charge is -2.29. The predicted molar refractivity (Wildman–Crippen MR) is 127 cm³/mol. The van der Waals surface area contributed by atoms with Gasteiger partial charge in [-0.2, -0.15) is 26.3 Å². The monoisotopic (exact) mass is 560 g/mol. The molecule has 3 aromatic rings. The molecule has 1 aromatic heterocycles. The Morgan fingerprint density at radius 3 is 2.15 bits per heavy atom. The van der Waals surface area contributed by atoms with Crippen LogP contribution in [0.3, 0.4) is 0 Å². The second kappa shape index (κ2) is 10.4. The second-order valence-corrected chi connectivity index (χ2v) is 9.16. The summed E-state index contributed by atoms with van der Waals surface area (Å²) in [5, 5.41) is 0. The third-order valence-corrected chi connectivity index (χ3v) is 6.52. The van der Waals surface area contributed by atoms with Crippen molar-refractivity contribution in [1.82, 2.24) is 14.0 Å². The van der Waals surface area contributed by atoms with Gasteiger partial charge in [-0.15, -0.1) is 0 Å². The number of imidazole rings is 1. The zero-order valence-corrected chi connectivity index (χ0v) is 20.7. The number of benzene rings is 2. The van der Waals surface area contributed by atoms with Gasteiger partial charge in [0.2, 0.25) is 0 Å². The zero-order chi connectivity index (χ0) is 28.7. The normalized spacial score (nSPS) is 15.4. The Morgan fingerprint density at radius 1 is 0.974 bits per heavy atom. The molecule has 0 unspecified atom stereocenters. The SMILES string of the molecule is CN1CCC(n2ccn(-c3cc(C(F)(F)F)cc(C(F)(F)F)c3OC(=O)N(C)c3ccc(F)cc3)c2=O)CC1. The number of hydrogen-bond donors (Lipinski definition) is 0. The Labute approximate surface area is 217 Å². The maximum Gasteiger partial charge on any atom is 0.420 e. The number of carbonyl (C=O) groups is 1. The molecular weight excluding hydrogens is 537 g/mol. The third-order valence-electron chi connectivity index (χ3n) is 6.52. The lowest BCUT2D eigenvalue weighted by atomic mass is 10.1. The molecule has 0 atom stereocenters. The van der Waals surface area contributed by atoms with Crippen molar-refractivity contribution >= 4 is 11.8 Å². The fraction of sp³-hybridized carbons (Fsp3) is 0.360. The lowest BCUT2D eigenvalue weighted by Crippen LogP contribution is -2.36. The van der Waals surface area contributed by atoms with Crippen LogP contribution in [0.4, 0.5) is 41.2 Å². The Balaban J connectivity index is 1.85. The van der Waals surface area contributed by atoms with Gasteiger partial charge in [0.15, 0.2) is 5.75 Å². The highest BCUT2D eigenvalue weighted by atomic mass is 19.4. The number of alkyl halides is 6. The molecule has 1 amide bonds. The Kier molecular flexibility index (Phi) is 7.52. The van der Waals surface area contributed by atoms with Crippen LogP contribution in [0.15, 0.2) is 53.6 Å². The molecular formula is C25H23F7N4O3. The van der Waals surface area contributed by atoms with Crippen LogP contribution in [0.2, 0.25) is 0 Å². The third kappa shape index (κ3) is 5.95. The van der Waals surface area contributed by atoms with Gasteiger partial charge in [-0.3, -0.25) is 14.0 Å². The van der Waals surface area contributed by atoms with Crippen molar-refractivity contribution in [3.8, 4) is 11.4 Å². The van der Waals surface area contributed by atoms with Crippen LogP contribution in [0.5, 0.6) is 5.75 Å². The number of rotatable bonds is 4. The molecule has 2 heterocycles. The summed E-state index contributed by atoms with van der Waals surface area (Å²) in [6.07, 6.45) is -8.60. The minimum Gasteiger partial charge on any atom is -0.407 e. The number of likely N-dealkylation sites (tertiary alicyclic amines) is 1. The number of carbonyl (C=O) groups excluding carboxylic acids is 1. The van der Waals surface area contributed by atoms with E-state index in [4.69, 9.17) is 4.74 Å². The molecule has 4 rings (SSSR count). The van der Waals surface area contributed by atoms with Crippen LogP contribution < -0.4 is 15.3 Å². The van der Waals surface area contributed by atoms with Gasteiger partial charge in [0.25, 0.3) is 0 Å². The number of anilines is 1.